The Hall–Kier alpha value is -0.790. The molecule has 0 amide bonds. The Morgan fingerprint density at radius 1 is 1.06 bits per heavy atom. The highest BCUT2D eigenvalue weighted by atomic mass is 79.9. The van der Waals surface area contributed by atoms with Gasteiger partial charge in [0.05, 0.1) is 5.38 Å². The fourth-order valence-electron chi connectivity index (χ4n) is 2.11. The van der Waals surface area contributed by atoms with Crippen molar-refractivity contribution in [2.24, 2.45) is 0 Å². The smallest absolute Gasteiger partial charge is 0.0628 e. The lowest BCUT2D eigenvalue weighted by Gasteiger charge is -2.13. The summed E-state index contributed by atoms with van der Waals surface area (Å²) in [6.45, 7) is 4.23. The number of alkyl halides is 1. The molecule has 2 aromatic carbocycles. The van der Waals surface area contributed by atoms with Crippen LogP contribution in [0.4, 0.5) is 0 Å². The van der Waals surface area contributed by atoms with Crippen molar-refractivity contribution in [1.82, 2.24) is 0 Å². The van der Waals surface area contributed by atoms with Gasteiger partial charge in [-0.3, -0.25) is 0 Å². The average Bonchev–Trinajstić information content (AvgIpc) is 2.32. The van der Waals surface area contributed by atoms with E-state index in [-0.39, 0.29) is 5.38 Å². The molecule has 0 saturated heterocycles. The topological polar surface area (TPSA) is 0 Å². The van der Waals surface area contributed by atoms with Crippen molar-refractivity contribution in [2.45, 2.75) is 25.6 Å². The van der Waals surface area contributed by atoms with Crippen LogP contribution >= 0.6 is 27.5 Å². The highest BCUT2D eigenvalue weighted by Gasteiger charge is 2.11. The van der Waals surface area contributed by atoms with Gasteiger partial charge >= 0.3 is 0 Å². The Kier molecular flexibility index (Phi) is 4.47. The lowest BCUT2D eigenvalue weighted by Crippen LogP contribution is -1.98. The van der Waals surface area contributed by atoms with E-state index in [1.54, 1.807) is 0 Å². The lowest BCUT2D eigenvalue weighted by atomic mass is 9.98. The van der Waals surface area contributed by atoms with Crippen LogP contribution in [0.3, 0.4) is 0 Å². The van der Waals surface area contributed by atoms with E-state index in [1.807, 2.05) is 0 Å². The van der Waals surface area contributed by atoms with Gasteiger partial charge < -0.3 is 0 Å². The van der Waals surface area contributed by atoms with Crippen LogP contribution in [0.5, 0.6) is 0 Å². The molecule has 0 bridgehead atoms. The number of aryl methyl sites for hydroxylation is 2. The molecule has 0 N–H and O–H groups in total. The van der Waals surface area contributed by atoms with E-state index in [4.69, 9.17) is 11.6 Å². The standard InChI is InChI=1S/C16H16BrCl/c1-11-3-8-15(12(2)9-11)16(18)10-13-4-6-14(17)7-5-13/h3-9,16H,10H2,1-2H3. The van der Waals surface area contributed by atoms with Crippen molar-refractivity contribution in [3.63, 3.8) is 0 Å². The monoisotopic (exact) mass is 322 g/mol. The molecule has 2 heteroatoms. The molecule has 0 aliphatic carbocycles. The van der Waals surface area contributed by atoms with E-state index in [9.17, 15) is 0 Å². The molecule has 0 aliphatic heterocycles. The molecule has 94 valence electrons. The summed E-state index contributed by atoms with van der Waals surface area (Å²) >= 11 is 9.97. The van der Waals surface area contributed by atoms with Crippen molar-refractivity contribution < 1.29 is 0 Å². The summed E-state index contributed by atoms with van der Waals surface area (Å²) < 4.78 is 1.10. The molecular formula is C16H16BrCl. The Labute approximate surface area is 122 Å². The first-order valence-corrected chi connectivity index (χ1v) is 7.25. The number of benzene rings is 2. The van der Waals surface area contributed by atoms with Crippen LogP contribution in [-0.4, -0.2) is 0 Å². The van der Waals surface area contributed by atoms with Crippen molar-refractivity contribution in [3.8, 4) is 0 Å². The first-order chi connectivity index (χ1) is 8.56. The Morgan fingerprint density at radius 2 is 1.72 bits per heavy atom. The molecule has 2 aromatic rings. The lowest BCUT2D eigenvalue weighted by molar-refractivity contribution is 0.908. The predicted molar refractivity (Wildman–Crippen MR) is 82.4 cm³/mol. The van der Waals surface area contributed by atoms with Crippen LogP contribution in [0, 0.1) is 13.8 Å². The molecule has 1 atom stereocenters. The zero-order chi connectivity index (χ0) is 13.1. The van der Waals surface area contributed by atoms with Crippen LogP contribution in [0.1, 0.15) is 27.6 Å². The van der Waals surface area contributed by atoms with Crippen molar-refractivity contribution >= 4 is 27.5 Å². The molecule has 0 fully saturated rings. The van der Waals surface area contributed by atoms with E-state index >= 15 is 0 Å². The average molecular weight is 324 g/mol. The Bertz CT molecular complexity index is 531. The molecule has 1 unspecified atom stereocenters. The second-order valence-corrected chi connectivity index (χ2v) is 6.10. The van der Waals surface area contributed by atoms with Gasteiger partial charge in [0.25, 0.3) is 0 Å². The van der Waals surface area contributed by atoms with E-state index < -0.39 is 0 Å². The van der Waals surface area contributed by atoms with Gasteiger partial charge in [-0.25, -0.2) is 0 Å². The zero-order valence-corrected chi connectivity index (χ0v) is 12.9. The highest BCUT2D eigenvalue weighted by Crippen LogP contribution is 2.28. The van der Waals surface area contributed by atoms with Crippen LogP contribution in [0.2, 0.25) is 0 Å². The minimum absolute atomic E-state index is 0.0341. The summed E-state index contributed by atoms with van der Waals surface area (Å²) in [4.78, 5) is 0. The molecule has 2 rings (SSSR count). The van der Waals surface area contributed by atoms with Crippen LogP contribution < -0.4 is 0 Å². The highest BCUT2D eigenvalue weighted by molar-refractivity contribution is 9.10. The third kappa shape index (κ3) is 3.37. The van der Waals surface area contributed by atoms with Gasteiger partial charge in [-0.1, -0.05) is 51.8 Å². The molecule has 0 spiro atoms. The fraction of sp³-hybridized carbons (Fsp3) is 0.250. The Balaban J connectivity index is 2.16. The normalized spacial score (nSPS) is 12.4. The molecule has 0 nitrogen and oxygen atoms in total. The SMILES string of the molecule is Cc1ccc(C(Cl)Cc2ccc(Br)cc2)c(C)c1. The second kappa shape index (κ2) is 5.90. The van der Waals surface area contributed by atoms with Gasteiger partial charge in [-0.05, 0) is 49.1 Å². The molecule has 0 aliphatic rings. The van der Waals surface area contributed by atoms with Crippen LogP contribution in [-0.2, 0) is 6.42 Å². The number of hydrogen-bond acceptors (Lipinski definition) is 0. The fourth-order valence-corrected chi connectivity index (χ4v) is 2.80. The predicted octanol–water partition coefficient (Wildman–Crippen LogP) is 5.59. The van der Waals surface area contributed by atoms with Gasteiger partial charge in [0.15, 0.2) is 0 Å². The number of hydrogen-bond donors (Lipinski definition) is 0. The van der Waals surface area contributed by atoms with Crippen LogP contribution in [0.25, 0.3) is 0 Å². The summed E-state index contributed by atoms with van der Waals surface area (Å²) in [6, 6.07) is 14.8. The molecule has 0 aromatic heterocycles. The van der Waals surface area contributed by atoms with E-state index in [0.717, 1.165) is 10.9 Å². The maximum Gasteiger partial charge on any atom is 0.0628 e. The number of halogens is 2. The second-order valence-electron chi connectivity index (χ2n) is 4.66. The van der Waals surface area contributed by atoms with Crippen molar-refractivity contribution in [3.05, 3.63) is 69.2 Å². The minimum atomic E-state index is 0.0341. The molecule has 18 heavy (non-hydrogen) atoms. The van der Waals surface area contributed by atoms with Gasteiger partial charge in [0, 0.05) is 4.47 Å². The summed E-state index contributed by atoms with van der Waals surface area (Å²) in [6.07, 6.45) is 0.860. The maximum absolute atomic E-state index is 6.53. The van der Waals surface area contributed by atoms with Crippen LogP contribution in [0.15, 0.2) is 46.9 Å². The summed E-state index contributed by atoms with van der Waals surface area (Å²) in [5.41, 5.74) is 5.04. The first kappa shape index (κ1) is 13.6. The third-order valence-electron chi connectivity index (χ3n) is 3.09. The molecule has 0 heterocycles. The van der Waals surface area contributed by atoms with Gasteiger partial charge in [-0.2, -0.15) is 0 Å². The first-order valence-electron chi connectivity index (χ1n) is 6.02. The summed E-state index contributed by atoms with van der Waals surface area (Å²) in [5, 5.41) is 0.0341. The third-order valence-corrected chi connectivity index (χ3v) is 4.01. The molecule has 0 saturated carbocycles. The summed E-state index contributed by atoms with van der Waals surface area (Å²) in [5.74, 6) is 0. The van der Waals surface area contributed by atoms with Crippen molar-refractivity contribution in [1.29, 1.82) is 0 Å². The largest absolute Gasteiger partial charge is 0.117 e. The van der Waals surface area contributed by atoms with Gasteiger partial charge in [0.1, 0.15) is 0 Å². The van der Waals surface area contributed by atoms with Gasteiger partial charge in [0.2, 0.25) is 0 Å². The van der Waals surface area contributed by atoms with E-state index in [0.29, 0.717) is 0 Å². The van der Waals surface area contributed by atoms with Gasteiger partial charge in [-0.15, -0.1) is 11.6 Å². The quantitative estimate of drug-likeness (QED) is 0.646. The summed E-state index contributed by atoms with van der Waals surface area (Å²) in [7, 11) is 0. The maximum atomic E-state index is 6.53. The minimum Gasteiger partial charge on any atom is -0.117 e. The molecule has 0 radical (unpaired) electrons. The molecular weight excluding hydrogens is 308 g/mol. The Morgan fingerprint density at radius 3 is 2.33 bits per heavy atom. The number of rotatable bonds is 3. The van der Waals surface area contributed by atoms with Crippen molar-refractivity contribution in [2.75, 3.05) is 0 Å². The van der Waals surface area contributed by atoms with E-state index in [1.165, 1.54) is 22.3 Å². The van der Waals surface area contributed by atoms with E-state index in [2.05, 4.69) is 72.2 Å². The zero-order valence-electron chi connectivity index (χ0n) is 10.6.